The Hall–Kier alpha value is -1.88. The van der Waals surface area contributed by atoms with Gasteiger partial charge in [0.2, 0.25) is 5.91 Å². The van der Waals surface area contributed by atoms with Crippen molar-refractivity contribution < 1.29 is 19.1 Å². The van der Waals surface area contributed by atoms with Crippen molar-refractivity contribution in [3.05, 3.63) is 29.8 Å². The van der Waals surface area contributed by atoms with Crippen molar-refractivity contribution in [2.24, 2.45) is 5.92 Å². The molecule has 0 radical (unpaired) electrons. The fourth-order valence-corrected chi connectivity index (χ4v) is 2.56. The first-order chi connectivity index (χ1) is 10.1. The molecule has 0 unspecified atom stereocenters. The van der Waals surface area contributed by atoms with Gasteiger partial charge in [0.05, 0.1) is 24.5 Å². The third-order valence-electron chi connectivity index (χ3n) is 3.68. The summed E-state index contributed by atoms with van der Waals surface area (Å²) in [4.78, 5) is 23.7. The summed E-state index contributed by atoms with van der Waals surface area (Å²) in [7, 11) is 1.32. The zero-order valence-corrected chi connectivity index (χ0v) is 12.4. The predicted octanol–water partition coefficient (Wildman–Crippen LogP) is 2.62. The second-order valence-electron chi connectivity index (χ2n) is 5.20. The van der Waals surface area contributed by atoms with Crippen molar-refractivity contribution in [1.29, 1.82) is 0 Å². The molecular weight excluding hydrogens is 270 g/mol. The molecule has 1 aliphatic rings. The van der Waals surface area contributed by atoms with Crippen molar-refractivity contribution in [2.45, 2.75) is 32.3 Å². The number of carbonyl (C=O) groups excluding carboxylic acids is 2. The van der Waals surface area contributed by atoms with Gasteiger partial charge in [-0.3, -0.25) is 4.79 Å². The van der Waals surface area contributed by atoms with E-state index in [1.54, 1.807) is 24.3 Å². The van der Waals surface area contributed by atoms with Gasteiger partial charge in [-0.05, 0) is 37.8 Å². The van der Waals surface area contributed by atoms with Gasteiger partial charge in [0.1, 0.15) is 0 Å². The molecule has 0 spiro atoms. The van der Waals surface area contributed by atoms with E-state index in [0.29, 0.717) is 29.7 Å². The standard InChI is InChI=1S/C16H21NO4/c1-3-21-12-8-11(9-12)10-15(18)17-14-7-5-4-6-13(14)16(19)20-2/h4-7,11-12H,3,8-10H2,1-2H3,(H,17,18). The van der Waals surface area contributed by atoms with Crippen molar-refractivity contribution >= 4 is 17.6 Å². The molecule has 5 nitrogen and oxygen atoms in total. The molecule has 0 heterocycles. The van der Waals surface area contributed by atoms with Crippen LogP contribution < -0.4 is 5.32 Å². The first-order valence-corrected chi connectivity index (χ1v) is 7.22. The van der Waals surface area contributed by atoms with Crippen LogP contribution in [0.4, 0.5) is 5.69 Å². The average Bonchev–Trinajstić information content (AvgIpc) is 2.45. The molecule has 1 fully saturated rings. The third-order valence-corrected chi connectivity index (χ3v) is 3.68. The predicted molar refractivity (Wildman–Crippen MR) is 79.2 cm³/mol. The molecule has 1 amide bonds. The van der Waals surface area contributed by atoms with E-state index in [-0.39, 0.29) is 5.91 Å². The molecule has 0 saturated heterocycles. The second kappa shape index (κ2) is 7.22. The van der Waals surface area contributed by atoms with Gasteiger partial charge in [0, 0.05) is 13.0 Å². The Morgan fingerprint density at radius 1 is 1.29 bits per heavy atom. The molecule has 0 aromatic heterocycles. The molecule has 21 heavy (non-hydrogen) atoms. The highest BCUT2D eigenvalue weighted by Crippen LogP contribution is 2.33. The highest BCUT2D eigenvalue weighted by atomic mass is 16.5. The average molecular weight is 291 g/mol. The Bertz CT molecular complexity index is 509. The van der Waals surface area contributed by atoms with Crippen LogP contribution in [0.5, 0.6) is 0 Å². The van der Waals surface area contributed by atoms with Crippen LogP contribution in [0, 0.1) is 5.92 Å². The number of ether oxygens (including phenoxy) is 2. The van der Waals surface area contributed by atoms with Crippen LogP contribution in [0.2, 0.25) is 0 Å². The lowest BCUT2D eigenvalue weighted by Gasteiger charge is -2.34. The van der Waals surface area contributed by atoms with Crippen molar-refractivity contribution in [3.8, 4) is 0 Å². The Morgan fingerprint density at radius 3 is 2.67 bits per heavy atom. The van der Waals surface area contributed by atoms with Crippen LogP contribution in [0.25, 0.3) is 0 Å². The number of methoxy groups -OCH3 is 1. The van der Waals surface area contributed by atoms with E-state index < -0.39 is 5.97 Å². The minimum atomic E-state index is -0.453. The largest absolute Gasteiger partial charge is 0.465 e. The van der Waals surface area contributed by atoms with Crippen molar-refractivity contribution in [2.75, 3.05) is 19.0 Å². The Morgan fingerprint density at radius 2 is 2.00 bits per heavy atom. The van der Waals surface area contributed by atoms with E-state index >= 15 is 0 Å². The molecule has 1 N–H and O–H groups in total. The second-order valence-corrected chi connectivity index (χ2v) is 5.20. The lowest BCUT2D eigenvalue weighted by Crippen LogP contribution is -2.34. The fraction of sp³-hybridized carbons (Fsp3) is 0.500. The number of nitrogens with one attached hydrogen (secondary N) is 1. The zero-order valence-electron chi connectivity index (χ0n) is 12.4. The van der Waals surface area contributed by atoms with E-state index in [1.165, 1.54) is 7.11 Å². The maximum absolute atomic E-state index is 12.0. The summed E-state index contributed by atoms with van der Waals surface area (Å²) in [6, 6.07) is 6.85. The Labute approximate surface area is 124 Å². The zero-order chi connectivity index (χ0) is 15.2. The van der Waals surface area contributed by atoms with Crippen molar-refractivity contribution in [1.82, 2.24) is 0 Å². The van der Waals surface area contributed by atoms with Crippen LogP contribution in [0.1, 0.15) is 36.5 Å². The molecule has 0 bridgehead atoms. The lowest BCUT2D eigenvalue weighted by molar-refractivity contribution is -0.119. The third kappa shape index (κ3) is 4.04. The van der Waals surface area contributed by atoms with Gasteiger partial charge < -0.3 is 14.8 Å². The normalized spacial score (nSPS) is 20.5. The van der Waals surface area contributed by atoms with E-state index in [0.717, 1.165) is 19.4 Å². The number of esters is 1. The number of hydrogen-bond donors (Lipinski definition) is 1. The summed E-state index contributed by atoms with van der Waals surface area (Å²) in [6.07, 6.45) is 2.62. The molecule has 1 aliphatic carbocycles. The number of carbonyl (C=O) groups is 2. The van der Waals surface area contributed by atoms with E-state index in [1.807, 2.05) is 6.92 Å². The molecule has 1 aromatic carbocycles. The van der Waals surface area contributed by atoms with Crippen LogP contribution in [0.3, 0.4) is 0 Å². The molecular formula is C16H21NO4. The van der Waals surface area contributed by atoms with E-state index in [4.69, 9.17) is 9.47 Å². The first-order valence-electron chi connectivity index (χ1n) is 7.22. The topological polar surface area (TPSA) is 64.6 Å². The quantitative estimate of drug-likeness (QED) is 0.818. The van der Waals surface area contributed by atoms with Crippen LogP contribution >= 0.6 is 0 Å². The van der Waals surface area contributed by atoms with Gasteiger partial charge in [-0.1, -0.05) is 12.1 Å². The van der Waals surface area contributed by atoms with Crippen molar-refractivity contribution in [3.63, 3.8) is 0 Å². The highest BCUT2D eigenvalue weighted by molar-refractivity contribution is 6.01. The van der Waals surface area contributed by atoms with Crippen LogP contribution in [-0.2, 0) is 14.3 Å². The number of hydrogen-bond acceptors (Lipinski definition) is 4. The summed E-state index contributed by atoms with van der Waals surface area (Å²) in [5.41, 5.74) is 0.865. The first kappa shape index (κ1) is 15.5. The van der Waals surface area contributed by atoms with Gasteiger partial charge in [-0.2, -0.15) is 0 Å². The molecule has 0 atom stereocenters. The summed E-state index contributed by atoms with van der Waals surface area (Å²) >= 11 is 0. The summed E-state index contributed by atoms with van der Waals surface area (Å²) in [5, 5.41) is 2.79. The Kier molecular flexibility index (Phi) is 5.33. The minimum Gasteiger partial charge on any atom is -0.465 e. The highest BCUT2D eigenvalue weighted by Gasteiger charge is 2.31. The molecule has 114 valence electrons. The van der Waals surface area contributed by atoms with Gasteiger partial charge in [0.15, 0.2) is 0 Å². The van der Waals surface area contributed by atoms with Crippen LogP contribution in [0.15, 0.2) is 24.3 Å². The van der Waals surface area contributed by atoms with Gasteiger partial charge in [-0.15, -0.1) is 0 Å². The van der Waals surface area contributed by atoms with Gasteiger partial charge >= 0.3 is 5.97 Å². The van der Waals surface area contributed by atoms with Gasteiger partial charge in [-0.25, -0.2) is 4.79 Å². The summed E-state index contributed by atoms with van der Waals surface area (Å²) < 4.78 is 10.2. The monoisotopic (exact) mass is 291 g/mol. The van der Waals surface area contributed by atoms with Gasteiger partial charge in [0.25, 0.3) is 0 Å². The summed E-state index contributed by atoms with van der Waals surface area (Å²) in [5.74, 6) is -0.163. The Balaban J connectivity index is 1.88. The molecule has 0 aliphatic heterocycles. The fourth-order valence-electron chi connectivity index (χ4n) is 2.56. The smallest absolute Gasteiger partial charge is 0.339 e. The maximum atomic E-state index is 12.0. The van der Waals surface area contributed by atoms with E-state index in [9.17, 15) is 9.59 Å². The lowest BCUT2D eigenvalue weighted by atomic mass is 9.80. The van der Waals surface area contributed by atoms with E-state index in [2.05, 4.69) is 5.32 Å². The number of para-hydroxylation sites is 1. The molecule has 1 aromatic rings. The number of benzene rings is 1. The molecule has 2 rings (SSSR count). The molecule has 1 saturated carbocycles. The number of anilines is 1. The minimum absolute atomic E-state index is 0.0775. The number of rotatable bonds is 6. The van der Waals surface area contributed by atoms with Crippen LogP contribution in [-0.4, -0.2) is 31.7 Å². The summed E-state index contributed by atoms with van der Waals surface area (Å²) in [6.45, 7) is 2.69. The maximum Gasteiger partial charge on any atom is 0.339 e. The number of amides is 1. The SMILES string of the molecule is CCOC1CC(CC(=O)Nc2ccccc2C(=O)OC)C1. The molecule has 5 heteroatoms.